The van der Waals surface area contributed by atoms with E-state index in [0.29, 0.717) is 83.3 Å². The lowest BCUT2D eigenvalue weighted by atomic mass is 9.72. The number of benzene rings is 1. The third-order valence-corrected chi connectivity index (χ3v) is 18.2. The van der Waals surface area contributed by atoms with E-state index in [0.717, 1.165) is 116 Å². The van der Waals surface area contributed by atoms with Crippen molar-refractivity contribution in [3.05, 3.63) is 60.0 Å². The fourth-order valence-corrected chi connectivity index (χ4v) is 13.2. The number of nitrogens with zero attached hydrogens (tertiary/aromatic N) is 10. The van der Waals surface area contributed by atoms with E-state index in [9.17, 15) is 19.2 Å². The molecule has 7 fully saturated rings. The van der Waals surface area contributed by atoms with Crippen LogP contribution in [-0.2, 0) is 29.4 Å². The lowest BCUT2D eigenvalue weighted by molar-refractivity contribution is -0.149. The van der Waals surface area contributed by atoms with Gasteiger partial charge in [-0.25, -0.2) is 15.0 Å². The molecule has 4 aromatic rings. The molecule has 2 aliphatic carbocycles. The summed E-state index contributed by atoms with van der Waals surface area (Å²) < 4.78 is 2.20. The number of piperidine rings is 4. The first-order valence-electron chi connectivity index (χ1n) is 27.5. The van der Waals surface area contributed by atoms with E-state index in [1.807, 2.05) is 28.3 Å². The summed E-state index contributed by atoms with van der Waals surface area (Å²) in [4.78, 5) is 95.5. The van der Waals surface area contributed by atoms with Crippen molar-refractivity contribution < 1.29 is 24.0 Å². The van der Waals surface area contributed by atoms with E-state index in [2.05, 4.69) is 84.8 Å². The molecule has 17 heteroatoms. The molecule has 17 nitrogen and oxygen atoms in total. The van der Waals surface area contributed by atoms with Crippen LogP contribution in [0.1, 0.15) is 127 Å². The van der Waals surface area contributed by atoms with Crippen LogP contribution in [0, 0.1) is 5.41 Å². The van der Waals surface area contributed by atoms with Gasteiger partial charge in [0.05, 0.1) is 35.4 Å². The van der Waals surface area contributed by atoms with Gasteiger partial charge in [0.1, 0.15) is 11.3 Å². The second-order valence-electron chi connectivity index (χ2n) is 23.2. The number of carbonyl (C=O) groups is 5. The van der Waals surface area contributed by atoms with Gasteiger partial charge in [0.25, 0.3) is 0 Å². The molecule has 1 spiro atoms. The molecule has 5 amide bonds. The Balaban J connectivity index is 0.689. The van der Waals surface area contributed by atoms with Crippen LogP contribution in [0.5, 0.6) is 0 Å². The van der Waals surface area contributed by atoms with Crippen molar-refractivity contribution in [1.82, 2.24) is 44.4 Å². The number of carbonyl (C=O) groups excluding carboxylic acids is 5. The monoisotopic (exact) mass is 993 g/mol. The van der Waals surface area contributed by atoms with Gasteiger partial charge in [-0.05, 0) is 127 Å². The van der Waals surface area contributed by atoms with Gasteiger partial charge in [0.2, 0.25) is 29.5 Å². The number of hydrogen-bond acceptors (Lipinski definition) is 12. The number of hydrogen-bond donors (Lipinski definition) is 2. The molecule has 5 saturated heterocycles. The van der Waals surface area contributed by atoms with Crippen molar-refractivity contribution in [2.24, 2.45) is 5.41 Å². The Kier molecular flexibility index (Phi) is 12.6. The number of imidazole rings is 1. The topological polar surface area (TPSA) is 172 Å². The van der Waals surface area contributed by atoms with Gasteiger partial charge < -0.3 is 34.4 Å². The Bertz CT molecular complexity index is 2790. The van der Waals surface area contributed by atoms with Crippen LogP contribution in [0.25, 0.3) is 22.3 Å². The second kappa shape index (κ2) is 19.1. The maximum absolute atomic E-state index is 15.3. The van der Waals surface area contributed by atoms with Gasteiger partial charge >= 0.3 is 0 Å². The van der Waals surface area contributed by atoms with E-state index >= 15 is 4.79 Å². The predicted molar refractivity (Wildman–Crippen MR) is 279 cm³/mol. The van der Waals surface area contributed by atoms with Crippen LogP contribution in [0.4, 0.5) is 17.3 Å². The lowest BCUT2D eigenvalue weighted by Crippen LogP contribution is -2.59. The molecule has 2 N–H and O–H groups in total. The summed E-state index contributed by atoms with van der Waals surface area (Å²) in [7, 11) is 0. The second-order valence-corrected chi connectivity index (χ2v) is 23.2. The summed E-state index contributed by atoms with van der Waals surface area (Å²) >= 11 is 0. The zero-order valence-corrected chi connectivity index (χ0v) is 43.0. The number of imide groups is 1. The van der Waals surface area contributed by atoms with Crippen molar-refractivity contribution in [1.29, 1.82) is 0 Å². The Morgan fingerprint density at radius 2 is 1.55 bits per heavy atom. The van der Waals surface area contributed by atoms with Crippen molar-refractivity contribution in [2.45, 2.75) is 140 Å². The van der Waals surface area contributed by atoms with E-state index in [4.69, 9.17) is 9.97 Å². The molecule has 2 saturated carbocycles. The van der Waals surface area contributed by atoms with Crippen molar-refractivity contribution in [3.8, 4) is 11.3 Å². The predicted octanol–water partition coefficient (Wildman–Crippen LogP) is 5.84. The summed E-state index contributed by atoms with van der Waals surface area (Å²) in [6, 6.07) is 13.9. The molecule has 6 aliphatic heterocycles. The Morgan fingerprint density at radius 3 is 2.23 bits per heavy atom. The van der Waals surface area contributed by atoms with Crippen LogP contribution in [-0.4, -0.2) is 159 Å². The summed E-state index contributed by atoms with van der Waals surface area (Å²) in [5.41, 5.74) is 5.44. The molecule has 3 aromatic heterocycles. The zero-order chi connectivity index (χ0) is 50.2. The third kappa shape index (κ3) is 8.95. The Morgan fingerprint density at radius 1 is 0.808 bits per heavy atom. The molecule has 386 valence electrons. The molecule has 1 unspecified atom stereocenters. The number of piperazine rings is 1. The van der Waals surface area contributed by atoms with E-state index in [1.165, 1.54) is 19.3 Å². The average molecular weight is 993 g/mol. The first kappa shape index (κ1) is 48.0. The minimum atomic E-state index is -0.687. The standard InChI is InChI=1S/C56H72N12O5/c1-36(2)67-35-58-45-32-44(60-51(50(45)67)59-39-9-10-39)37-7-12-43-46(29-37)68(41-30-40(31-41)63-19-5-4-6-20-63)54(73)56(43)17-23-66(24-18-56)53(72)55(3)15-21-65(22-16-55)49(70)34-62-25-27-64(28-26-62)47-13-8-38(33-57-47)42-11-14-48(69)61-52(42)71/h7-8,12-13,29,32-33,35-36,39-42H,4-6,9-11,14-28,30-31,34H2,1-3H3,(H,59,60)(H,61,69,71)/t40-,41+,42?. The minimum Gasteiger partial charge on any atom is -0.366 e. The van der Waals surface area contributed by atoms with Gasteiger partial charge in [-0.1, -0.05) is 31.5 Å². The number of fused-ring (bicyclic) bond motifs is 3. The largest absolute Gasteiger partial charge is 0.366 e. The number of nitrogens with one attached hydrogen (secondary N) is 2. The minimum absolute atomic E-state index is 0.100. The third-order valence-electron chi connectivity index (χ3n) is 18.2. The maximum atomic E-state index is 15.3. The first-order chi connectivity index (χ1) is 35.3. The zero-order valence-electron chi connectivity index (χ0n) is 43.0. The molecule has 1 aromatic carbocycles. The molecule has 0 radical (unpaired) electrons. The number of pyridine rings is 2. The smallest absolute Gasteiger partial charge is 0.238 e. The Labute approximate surface area is 428 Å². The quantitative estimate of drug-likeness (QED) is 0.172. The van der Waals surface area contributed by atoms with Crippen molar-refractivity contribution in [2.75, 3.05) is 87.1 Å². The van der Waals surface area contributed by atoms with Crippen LogP contribution in [0.15, 0.2) is 48.9 Å². The highest BCUT2D eigenvalue weighted by Gasteiger charge is 2.56. The molecule has 73 heavy (non-hydrogen) atoms. The Hall–Kier alpha value is -5.94. The molecular weight excluding hydrogens is 921 g/mol. The van der Waals surface area contributed by atoms with Crippen molar-refractivity contribution >= 4 is 57.9 Å². The molecule has 9 heterocycles. The molecule has 8 aliphatic rings. The van der Waals surface area contributed by atoms with Crippen LogP contribution < -0.4 is 20.4 Å². The number of amides is 5. The van der Waals surface area contributed by atoms with Gasteiger partial charge in [-0.15, -0.1) is 0 Å². The summed E-state index contributed by atoms with van der Waals surface area (Å²) in [5, 5.41) is 6.13. The molecule has 12 rings (SSSR count). The van der Waals surface area contributed by atoms with Gasteiger partial charge in [0, 0.05) is 106 Å². The highest BCUT2D eigenvalue weighted by molar-refractivity contribution is 6.09. The van der Waals surface area contributed by atoms with Gasteiger partial charge in [-0.3, -0.25) is 34.2 Å². The fraction of sp³-hybridized carbons (Fsp3) is 0.607. The summed E-state index contributed by atoms with van der Waals surface area (Å²) in [5.74, 6) is 1.30. The molecule has 0 bridgehead atoms. The number of aromatic nitrogens is 4. The fourth-order valence-electron chi connectivity index (χ4n) is 13.2. The first-order valence-corrected chi connectivity index (χ1v) is 27.5. The SMILES string of the molecule is CC(C)n1cnc2cc(-c3ccc4c(c3)N([C@H]3C[C@@H](N5CCCCC5)C3)C(=O)C43CCN(C(=O)C4(C)CCN(C(=O)CN5CCN(c6ccc(C7CCC(=O)NC7=O)cn6)CC5)CC4)CC3)nc(NC3CC3)c21. The normalized spacial score (nSPS) is 25.6. The number of likely N-dealkylation sites (tertiary alicyclic amines) is 3. The lowest BCUT2D eigenvalue weighted by Gasteiger charge is -2.48. The summed E-state index contributed by atoms with van der Waals surface area (Å²) in [6.45, 7) is 14.1. The highest BCUT2D eigenvalue weighted by atomic mass is 16.2. The molecular formula is C56H72N12O5. The number of anilines is 3. The number of rotatable bonds is 11. The van der Waals surface area contributed by atoms with Crippen molar-refractivity contribution in [3.63, 3.8) is 0 Å². The van der Waals surface area contributed by atoms with Gasteiger partial charge in [-0.2, -0.15) is 0 Å². The van der Waals surface area contributed by atoms with E-state index in [1.54, 1.807) is 6.20 Å². The molecule has 1 atom stereocenters. The highest BCUT2D eigenvalue weighted by Crippen LogP contribution is 2.53. The average Bonchev–Trinajstić information content (AvgIpc) is 4.06. The van der Waals surface area contributed by atoms with Gasteiger partial charge in [0.15, 0.2) is 5.82 Å². The summed E-state index contributed by atoms with van der Waals surface area (Å²) in [6.07, 6.45) is 15.0. The van der Waals surface area contributed by atoms with E-state index in [-0.39, 0.29) is 47.5 Å². The van der Waals surface area contributed by atoms with E-state index < -0.39 is 10.8 Å². The maximum Gasteiger partial charge on any atom is 0.238 e. The van der Waals surface area contributed by atoms with Crippen LogP contribution >= 0.6 is 0 Å². The van der Waals surface area contributed by atoms with Crippen LogP contribution in [0.2, 0.25) is 0 Å². The van der Waals surface area contributed by atoms with Crippen LogP contribution in [0.3, 0.4) is 0 Å².